The van der Waals surface area contributed by atoms with Gasteiger partial charge in [0.15, 0.2) is 0 Å². The lowest BCUT2D eigenvalue weighted by Gasteiger charge is -2.23. The van der Waals surface area contributed by atoms with Crippen molar-refractivity contribution < 1.29 is 4.79 Å². The van der Waals surface area contributed by atoms with E-state index in [-0.39, 0.29) is 5.91 Å². The van der Waals surface area contributed by atoms with Crippen molar-refractivity contribution in [2.24, 2.45) is 11.3 Å². The molecule has 96 valence electrons. The average Bonchev–Trinajstić information content (AvgIpc) is 2.75. The van der Waals surface area contributed by atoms with Crippen molar-refractivity contribution in [3.8, 4) is 6.07 Å². The predicted molar refractivity (Wildman–Crippen MR) is 67.2 cm³/mol. The first-order valence-electron chi connectivity index (χ1n) is 6.46. The lowest BCUT2D eigenvalue weighted by atomic mass is 9.83. The summed E-state index contributed by atoms with van der Waals surface area (Å²) in [6.07, 6.45) is 2.29. The Bertz CT molecular complexity index is 304. The largest absolute Gasteiger partial charge is 0.354 e. The first-order chi connectivity index (χ1) is 8.07. The van der Waals surface area contributed by atoms with Gasteiger partial charge >= 0.3 is 0 Å². The molecule has 0 saturated carbocycles. The van der Waals surface area contributed by atoms with E-state index in [1.807, 2.05) is 13.8 Å². The lowest BCUT2D eigenvalue weighted by Crippen LogP contribution is -2.41. The normalized spacial score (nSPS) is 21.2. The molecule has 1 aliphatic heterocycles. The van der Waals surface area contributed by atoms with Crippen LogP contribution in [0.1, 0.15) is 33.1 Å². The van der Waals surface area contributed by atoms with Gasteiger partial charge in [0.05, 0.1) is 6.07 Å². The molecule has 0 radical (unpaired) electrons. The lowest BCUT2D eigenvalue weighted by molar-refractivity contribution is -0.128. The van der Waals surface area contributed by atoms with Crippen molar-refractivity contribution in [2.45, 2.75) is 33.1 Å². The molecule has 1 amide bonds. The van der Waals surface area contributed by atoms with E-state index >= 15 is 0 Å². The Hall–Kier alpha value is -1.08. The van der Waals surface area contributed by atoms with Crippen LogP contribution in [0, 0.1) is 22.7 Å². The molecular weight excluding hydrogens is 214 g/mol. The van der Waals surface area contributed by atoms with Gasteiger partial charge in [0.1, 0.15) is 5.41 Å². The number of carbonyl (C=O) groups is 1. The molecule has 1 fully saturated rings. The fraction of sp³-hybridized carbons (Fsp3) is 0.846. The Balaban J connectivity index is 2.46. The number of nitriles is 1. The number of nitrogens with one attached hydrogen (secondary N) is 1. The molecule has 0 aromatic rings. The third-order valence-electron chi connectivity index (χ3n) is 3.90. The summed E-state index contributed by atoms with van der Waals surface area (Å²) in [5.74, 6) is 0.439. The third kappa shape index (κ3) is 3.19. The summed E-state index contributed by atoms with van der Waals surface area (Å²) in [6, 6.07) is 2.18. The van der Waals surface area contributed by atoms with Crippen molar-refractivity contribution in [3.05, 3.63) is 0 Å². The number of hydrogen-bond acceptors (Lipinski definition) is 3. The van der Waals surface area contributed by atoms with Crippen LogP contribution in [-0.4, -0.2) is 37.5 Å². The van der Waals surface area contributed by atoms with Crippen LogP contribution in [0.25, 0.3) is 0 Å². The van der Waals surface area contributed by atoms with Crippen molar-refractivity contribution in [1.29, 1.82) is 5.26 Å². The Morgan fingerprint density at radius 1 is 1.53 bits per heavy atom. The van der Waals surface area contributed by atoms with Gasteiger partial charge in [0.2, 0.25) is 5.91 Å². The summed E-state index contributed by atoms with van der Waals surface area (Å²) in [5.41, 5.74) is -0.829. The fourth-order valence-electron chi connectivity index (χ4n) is 2.38. The third-order valence-corrected chi connectivity index (χ3v) is 3.90. The van der Waals surface area contributed by atoms with Crippen molar-refractivity contribution >= 4 is 5.91 Å². The summed E-state index contributed by atoms with van der Waals surface area (Å²) in [4.78, 5) is 14.3. The van der Waals surface area contributed by atoms with E-state index in [1.165, 1.54) is 0 Å². The van der Waals surface area contributed by atoms with Gasteiger partial charge in [0, 0.05) is 13.1 Å². The molecule has 0 aromatic carbocycles. The highest BCUT2D eigenvalue weighted by Crippen LogP contribution is 2.25. The van der Waals surface area contributed by atoms with Crippen LogP contribution < -0.4 is 5.32 Å². The number of hydrogen-bond donors (Lipinski definition) is 1. The minimum Gasteiger partial charge on any atom is -0.354 e. The molecule has 1 saturated heterocycles. The topological polar surface area (TPSA) is 56.1 Å². The van der Waals surface area contributed by atoms with Gasteiger partial charge in [-0.1, -0.05) is 13.8 Å². The summed E-state index contributed by atoms with van der Waals surface area (Å²) in [5, 5.41) is 12.1. The van der Waals surface area contributed by atoms with Crippen LogP contribution in [0.5, 0.6) is 0 Å². The summed E-state index contributed by atoms with van der Waals surface area (Å²) >= 11 is 0. The minimum atomic E-state index is -0.829. The summed E-state index contributed by atoms with van der Waals surface area (Å²) in [6.45, 7) is 6.64. The van der Waals surface area contributed by atoms with Gasteiger partial charge < -0.3 is 10.2 Å². The molecule has 4 nitrogen and oxygen atoms in total. The SMILES string of the molecule is CCC(C#N)(CC)C(=O)NCC1CCN(C)C1. The maximum absolute atomic E-state index is 12.0. The van der Waals surface area contributed by atoms with E-state index in [1.54, 1.807) is 0 Å². The number of rotatable bonds is 5. The Morgan fingerprint density at radius 2 is 2.18 bits per heavy atom. The van der Waals surface area contributed by atoms with E-state index in [0.29, 0.717) is 25.3 Å². The van der Waals surface area contributed by atoms with Gasteiger partial charge in [-0.25, -0.2) is 0 Å². The second kappa shape index (κ2) is 6.02. The molecule has 0 aromatic heterocycles. The molecule has 1 N–H and O–H groups in total. The second-order valence-corrected chi connectivity index (χ2v) is 5.03. The van der Waals surface area contributed by atoms with Crippen LogP contribution in [0.3, 0.4) is 0 Å². The smallest absolute Gasteiger partial charge is 0.240 e. The zero-order valence-electron chi connectivity index (χ0n) is 11.1. The zero-order valence-corrected chi connectivity index (χ0v) is 11.1. The van der Waals surface area contributed by atoms with E-state index in [2.05, 4.69) is 23.3 Å². The molecule has 4 heteroatoms. The minimum absolute atomic E-state index is 0.0976. The molecule has 0 bridgehead atoms. The van der Waals surface area contributed by atoms with Gasteiger partial charge in [-0.15, -0.1) is 0 Å². The van der Waals surface area contributed by atoms with Gasteiger partial charge in [-0.3, -0.25) is 4.79 Å². The average molecular weight is 237 g/mol. The number of likely N-dealkylation sites (tertiary alicyclic amines) is 1. The highest BCUT2D eigenvalue weighted by atomic mass is 16.2. The molecule has 1 atom stereocenters. The molecule has 1 aliphatic rings. The maximum atomic E-state index is 12.0. The molecular formula is C13H23N3O. The predicted octanol–water partition coefficient (Wildman–Crippen LogP) is 1.38. The Kier molecular flexibility index (Phi) is 4.95. The monoisotopic (exact) mass is 237 g/mol. The zero-order chi connectivity index (χ0) is 12.9. The number of amides is 1. The van der Waals surface area contributed by atoms with E-state index < -0.39 is 5.41 Å². The van der Waals surface area contributed by atoms with E-state index in [9.17, 15) is 4.79 Å². The summed E-state index contributed by atoms with van der Waals surface area (Å²) < 4.78 is 0. The van der Waals surface area contributed by atoms with E-state index in [4.69, 9.17) is 5.26 Å². The molecule has 1 unspecified atom stereocenters. The molecule has 17 heavy (non-hydrogen) atoms. The van der Waals surface area contributed by atoms with Gasteiger partial charge in [0.25, 0.3) is 0 Å². The Morgan fingerprint density at radius 3 is 2.59 bits per heavy atom. The molecule has 1 rings (SSSR count). The van der Waals surface area contributed by atoms with Crippen molar-refractivity contribution in [2.75, 3.05) is 26.7 Å². The maximum Gasteiger partial charge on any atom is 0.240 e. The highest BCUT2D eigenvalue weighted by Gasteiger charge is 2.35. The quantitative estimate of drug-likeness (QED) is 0.786. The van der Waals surface area contributed by atoms with Gasteiger partial charge in [-0.05, 0) is 38.8 Å². The standard InChI is InChI=1S/C13H23N3O/c1-4-13(5-2,10-14)12(17)15-8-11-6-7-16(3)9-11/h11H,4-9H2,1-3H3,(H,15,17). The van der Waals surface area contributed by atoms with Crippen molar-refractivity contribution in [3.63, 3.8) is 0 Å². The van der Waals surface area contributed by atoms with Crippen LogP contribution in [0.2, 0.25) is 0 Å². The van der Waals surface area contributed by atoms with E-state index in [0.717, 1.165) is 19.5 Å². The second-order valence-electron chi connectivity index (χ2n) is 5.03. The highest BCUT2D eigenvalue weighted by molar-refractivity contribution is 5.85. The van der Waals surface area contributed by atoms with Crippen LogP contribution in [0.15, 0.2) is 0 Å². The Labute approximate surface area is 104 Å². The number of nitrogens with zero attached hydrogens (tertiary/aromatic N) is 2. The molecule has 0 spiro atoms. The van der Waals surface area contributed by atoms with Gasteiger partial charge in [-0.2, -0.15) is 5.26 Å². The summed E-state index contributed by atoms with van der Waals surface area (Å²) in [7, 11) is 2.10. The van der Waals surface area contributed by atoms with Crippen LogP contribution in [-0.2, 0) is 4.79 Å². The first kappa shape index (κ1) is 14.0. The molecule has 1 heterocycles. The molecule has 0 aliphatic carbocycles. The van der Waals surface area contributed by atoms with Crippen LogP contribution >= 0.6 is 0 Å². The first-order valence-corrected chi connectivity index (χ1v) is 6.46. The van der Waals surface area contributed by atoms with Crippen LogP contribution in [0.4, 0.5) is 0 Å². The van der Waals surface area contributed by atoms with Crippen molar-refractivity contribution in [1.82, 2.24) is 10.2 Å². The number of carbonyl (C=O) groups excluding carboxylic acids is 1. The fourth-order valence-corrected chi connectivity index (χ4v) is 2.38.